The molecule has 9 aromatic carbocycles. The van der Waals surface area contributed by atoms with Crippen LogP contribution in [0.3, 0.4) is 0 Å². The average Bonchev–Trinajstić information content (AvgIpc) is 3.54. The number of rotatable bonds is 3. The van der Waals surface area contributed by atoms with Gasteiger partial charge in [0.15, 0.2) is 0 Å². The first kappa shape index (κ1) is 26.1. The zero-order valence-electron chi connectivity index (χ0n) is 25.6. The molecule has 0 bridgehead atoms. The molecule has 47 heavy (non-hydrogen) atoms. The van der Waals surface area contributed by atoms with Crippen LogP contribution in [0.5, 0.6) is 0 Å². The summed E-state index contributed by atoms with van der Waals surface area (Å²) in [6, 6.07) is 61.5. The predicted molar refractivity (Wildman–Crippen MR) is 200 cm³/mol. The van der Waals surface area contributed by atoms with Gasteiger partial charge >= 0.3 is 0 Å². The number of hydrogen-bond donors (Lipinski definition) is 0. The Balaban J connectivity index is 1.32. The molecule has 0 atom stereocenters. The van der Waals surface area contributed by atoms with Crippen LogP contribution in [0.2, 0.25) is 0 Å². The Morgan fingerprint density at radius 2 is 0.830 bits per heavy atom. The molecule has 0 saturated carbocycles. The highest BCUT2D eigenvalue weighted by molar-refractivity contribution is 6.28. The first-order valence-corrected chi connectivity index (χ1v) is 16.2. The quantitative estimate of drug-likeness (QED) is 0.185. The molecular formula is C46H28O. The standard InChI is InChI=1S/C46H28O/c1-2-13-29(14-3-1)31-27-28-39(34-18-7-6-17-33(31)34)43-35-19-8-10-21-37(35)44(38-22-11-9-20-36(38)43)40-23-12-24-42-45(40)41-26-25-30-15-4-5-16-32(30)46(41)47-42/h1-28H. The average molecular weight is 597 g/mol. The fourth-order valence-corrected chi connectivity index (χ4v) is 7.86. The molecule has 1 heterocycles. The van der Waals surface area contributed by atoms with Gasteiger partial charge in [-0.2, -0.15) is 0 Å². The van der Waals surface area contributed by atoms with E-state index in [0.717, 1.165) is 27.3 Å². The van der Waals surface area contributed by atoms with Crippen molar-refractivity contribution in [2.75, 3.05) is 0 Å². The fourth-order valence-electron chi connectivity index (χ4n) is 7.86. The third-order valence-electron chi connectivity index (χ3n) is 9.87. The van der Waals surface area contributed by atoms with Crippen molar-refractivity contribution in [3.63, 3.8) is 0 Å². The Labute approximate surface area is 271 Å². The summed E-state index contributed by atoms with van der Waals surface area (Å²) in [7, 11) is 0. The molecule has 0 amide bonds. The van der Waals surface area contributed by atoms with Gasteiger partial charge in [-0.3, -0.25) is 0 Å². The van der Waals surface area contributed by atoms with Crippen molar-refractivity contribution in [1.82, 2.24) is 0 Å². The van der Waals surface area contributed by atoms with Gasteiger partial charge in [0.2, 0.25) is 0 Å². The molecule has 1 nitrogen and oxygen atoms in total. The normalized spacial score (nSPS) is 11.8. The Bertz CT molecular complexity index is 2780. The van der Waals surface area contributed by atoms with E-state index in [9.17, 15) is 0 Å². The van der Waals surface area contributed by atoms with E-state index in [4.69, 9.17) is 4.42 Å². The molecule has 0 radical (unpaired) electrons. The van der Waals surface area contributed by atoms with E-state index in [2.05, 4.69) is 170 Å². The lowest BCUT2D eigenvalue weighted by molar-refractivity contribution is 0.673. The Kier molecular flexibility index (Phi) is 5.64. The van der Waals surface area contributed by atoms with E-state index < -0.39 is 0 Å². The highest BCUT2D eigenvalue weighted by Crippen LogP contribution is 2.49. The van der Waals surface area contributed by atoms with Gasteiger partial charge in [0, 0.05) is 16.2 Å². The van der Waals surface area contributed by atoms with Crippen molar-refractivity contribution >= 4 is 65.0 Å². The van der Waals surface area contributed by atoms with E-state index in [1.165, 1.54) is 71.1 Å². The molecule has 1 heteroatoms. The van der Waals surface area contributed by atoms with Crippen molar-refractivity contribution in [3.05, 3.63) is 170 Å². The summed E-state index contributed by atoms with van der Waals surface area (Å²) in [5, 5.41) is 12.1. The second-order valence-electron chi connectivity index (χ2n) is 12.4. The van der Waals surface area contributed by atoms with Crippen LogP contribution in [0, 0.1) is 0 Å². The smallest absolute Gasteiger partial charge is 0.143 e. The number of furan rings is 1. The molecular weight excluding hydrogens is 569 g/mol. The van der Waals surface area contributed by atoms with Crippen LogP contribution in [-0.2, 0) is 0 Å². The highest BCUT2D eigenvalue weighted by atomic mass is 16.3. The molecule has 0 aliphatic rings. The van der Waals surface area contributed by atoms with E-state index in [-0.39, 0.29) is 0 Å². The third-order valence-corrected chi connectivity index (χ3v) is 9.87. The second-order valence-corrected chi connectivity index (χ2v) is 12.4. The van der Waals surface area contributed by atoms with Crippen molar-refractivity contribution in [2.24, 2.45) is 0 Å². The van der Waals surface area contributed by atoms with E-state index in [1.54, 1.807) is 0 Å². The maximum atomic E-state index is 6.64. The number of hydrogen-bond acceptors (Lipinski definition) is 1. The first-order valence-electron chi connectivity index (χ1n) is 16.2. The largest absolute Gasteiger partial charge is 0.455 e. The summed E-state index contributed by atoms with van der Waals surface area (Å²) in [6.45, 7) is 0. The second kappa shape index (κ2) is 10.2. The Morgan fingerprint density at radius 3 is 1.51 bits per heavy atom. The highest BCUT2D eigenvalue weighted by Gasteiger charge is 2.22. The van der Waals surface area contributed by atoms with Crippen molar-refractivity contribution in [1.29, 1.82) is 0 Å². The number of fused-ring (bicyclic) bond motifs is 8. The van der Waals surface area contributed by atoms with Crippen LogP contribution < -0.4 is 0 Å². The third kappa shape index (κ3) is 3.84. The summed E-state index contributed by atoms with van der Waals surface area (Å²) >= 11 is 0. The van der Waals surface area contributed by atoms with E-state index in [1.807, 2.05) is 0 Å². The maximum absolute atomic E-state index is 6.64. The molecule has 10 rings (SSSR count). The minimum absolute atomic E-state index is 0.911. The van der Waals surface area contributed by atoms with Gasteiger partial charge in [-0.15, -0.1) is 0 Å². The van der Waals surface area contributed by atoms with Crippen LogP contribution in [0.15, 0.2) is 174 Å². The minimum atomic E-state index is 0.911. The molecule has 0 unspecified atom stereocenters. The van der Waals surface area contributed by atoms with Crippen molar-refractivity contribution in [3.8, 4) is 33.4 Å². The van der Waals surface area contributed by atoms with Gasteiger partial charge in [-0.1, -0.05) is 158 Å². The van der Waals surface area contributed by atoms with Crippen LogP contribution >= 0.6 is 0 Å². The summed E-state index contributed by atoms with van der Waals surface area (Å²) < 4.78 is 6.64. The van der Waals surface area contributed by atoms with Crippen molar-refractivity contribution < 1.29 is 4.42 Å². The monoisotopic (exact) mass is 596 g/mol. The SMILES string of the molecule is c1ccc(-c2ccc(-c3c4ccccc4c(-c4cccc5oc6c7ccccc7ccc6c45)c4ccccc34)c3ccccc23)cc1. The Hall–Kier alpha value is -6.18. The molecule has 0 fully saturated rings. The van der Waals surface area contributed by atoms with Crippen LogP contribution in [0.4, 0.5) is 0 Å². The van der Waals surface area contributed by atoms with Crippen LogP contribution in [-0.4, -0.2) is 0 Å². The Morgan fingerprint density at radius 1 is 0.298 bits per heavy atom. The first-order chi connectivity index (χ1) is 23.3. The van der Waals surface area contributed by atoms with Crippen molar-refractivity contribution in [2.45, 2.75) is 0 Å². The molecule has 0 saturated heterocycles. The lowest BCUT2D eigenvalue weighted by Gasteiger charge is -2.20. The molecule has 0 N–H and O–H groups in total. The fraction of sp³-hybridized carbons (Fsp3) is 0. The van der Waals surface area contributed by atoms with Gasteiger partial charge in [-0.05, 0) is 83.2 Å². The molecule has 10 aromatic rings. The van der Waals surface area contributed by atoms with E-state index >= 15 is 0 Å². The molecule has 0 aliphatic heterocycles. The molecule has 0 aliphatic carbocycles. The molecule has 0 spiro atoms. The predicted octanol–water partition coefficient (Wildman–Crippen LogP) is 13.2. The molecule has 218 valence electrons. The number of benzene rings is 9. The zero-order valence-corrected chi connectivity index (χ0v) is 25.6. The summed E-state index contributed by atoms with van der Waals surface area (Å²) in [5.74, 6) is 0. The van der Waals surface area contributed by atoms with Gasteiger partial charge < -0.3 is 4.42 Å². The maximum Gasteiger partial charge on any atom is 0.143 e. The lowest BCUT2D eigenvalue weighted by Crippen LogP contribution is -1.92. The molecule has 1 aromatic heterocycles. The van der Waals surface area contributed by atoms with Crippen LogP contribution in [0.25, 0.3) is 98.4 Å². The topological polar surface area (TPSA) is 13.1 Å². The summed E-state index contributed by atoms with van der Waals surface area (Å²) in [4.78, 5) is 0. The van der Waals surface area contributed by atoms with Gasteiger partial charge in [-0.25, -0.2) is 0 Å². The van der Waals surface area contributed by atoms with Gasteiger partial charge in [0.25, 0.3) is 0 Å². The van der Waals surface area contributed by atoms with E-state index in [0.29, 0.717) is 0 Å². The summed E-state index contributed by atoms with van der Waals surface area (Å²) in [6.07, 6.45) is 0. The van der Waals surface area contributed by atoms with Gasteiger partial charge in [0.05, 0.1) is 0 Å². The summed E-state index contributed by atoms with van der Waals surface area (Å²) in [5.41, 5.74) is 9.29. The minimum Gasteiger partial charge on any atom is -0.455 e. The van der Waals surface area contributed by atoms with Crippen LogP contribution in [0.1, 0.15) is 0 Å². The van der Waals surface area contributed by atoms with Gasteiger partial charge in [0.1, 0.15) is 11.2 Å². The lowest BCUT2D eigenvalue weighted by atomic mass is 9.83. The zero-order chi connectivity index (χ0) is 30.9.